The zero-order chi connectivity index (χ0) is 13.0. The molecule has 0 spiro atoms. The lowest BCUT2D eigenvalue weighted by Crippen LogP contribution is -1.93. The molecule has 0 saturated carbocycles. The summed E-state index contributed by atoms with van der Waals surface area (Å²) >= 11 is 1.95. The van der Waals surface area contributed by atoms with Crippen LogP contribution in [-0.2, 0) is 5.75 Å². The molecule has 0 saturated heterocycles. The predicted octanol–water partition coefficient (Wildman–Crippen LogP) is 4.57. The Kier molecular flexibility index (Phi) is 4.32. The quantitative estimate of drug-likeness (QED) is 0.812. The lowest BCUT2D eigenvalue weighted by atomic mass is 10.1. The fourth-order valence-corrected chi connectivity index (χ4v) is 2.99. The Morgan fingerprint density at radius 3 is 2.61 bits per heavy atom. The number of benzene rings is 2. The standard InChI is InChI=1S/C16H19NS/c1-12-6-3-4-7-15(12)11-18-13(2)14-8-5-9-16(17)10-14/h3-10,13H,11,17H2,1-2H3. The van der Waals surface area contributed by atoms with Crippen molar-refractivity contribution in [1.82, 2.24) is 0 Å². The lowest BCUT2D eigenvalue weighted by Gasteiger charge is -2.13. The summed E-state index contributed by atoms with van der Waals surface area (Å²) in [6, 6.07) is 16.7. The molecule has 0 bridgehead atoms. The van der Waals surface area contributed by atoms with Gasteiger partial charge in [-0.2, -0.15) is 0 Å². The van der Waals surface area contributed by atoms with Crippen LogP contribution < -0.4 is 5.73 Å². The molecule has 0 radical (unpaired) electrons. The Labute approximate surface area is 113 Å². The SMILES string of the molecule is Cc1ccccc1CSC(C)c1cccc(N)c1. The topological polar surface area (TPSA) is 26.0 Å². The number of nitrogen functional groups attached to an aromatic ring is 1. The van der Waals surface area contributed by atoms with E-state index in [2.05, 4.69) is 50.2 Å². The second-order valence-electron chi connectivity index (χ2n) is 4.55. The highest BCUT2D eigenvalue weighted by molar-refractivity contribution is 7.98. The van der Waals surface area contributed by atoms with E-state index in [9.17, 15) is 0 Å². The Balaban J connectivity index is 2.00. The highest BCUT2D eigenvalue weighted by Crippen LogP contribution is 2.32. The molecular formula is C16H19NS. The molecule has 0 aliphatic rings. The smallest absolute Gasteiger partial charge is 0.0317 e. The molecule has 0 aromatic heterocycles. The zero-order valence-electron chi connectivity index (χ0n) is 10.9. The molecule has 2 rings (SSSR count). The van der Waals surface area contributed by atoms with Crippen LogP contribution in [-0.4, -0.2) is 0 Å². The first-order chi connectivity index (χ1) is 8.66. The van der Waals surface area contributed by atoms with Crippen LogP contribution in [0.25, 0.3) is 0 Å². The molecule has 18 heavy (non-hydrogen) atoms. The van der Waals surface area contributed by atoms with Gasteiger partial charge in [0.1, 0.15) is 0 Å². The van der Waals surface area contributed by atoms with E-state index in [1.54, 1.807) is 0 Å². The third-order valence-electron chi connectivity index (χ3n) is 3.13. The molecule has 94 valence electrons. The van der Waals surface area contributed by atoms with E-state index >= 15 is 0 Å². The average molecular weight is 257 g/mol. The Bertz CT molecular complexity index is 522. The predicted molar refractivity (Wildman–Crippen MR) is 81.7 cm³/mol. The third-order valence-corrected chi connectivity index (χ3v) is 4.38. The van der Waals surface area contributed by atoms with Gasteiger partial charge in [-0.15, -0.1) is 11.8 Å². The van der Waals surface area contributed by atoms with Gasteiger partial charge in [0.25, 0.3) is 0 Å². The zero-order valence-corrected chi connectivity index (χ0v) is 11.7. The van der Waals surface area contributed by atoms with Gasteiger partial charge in [-0.1, -0.05) is 36.4 Å². The molecule has 0 fully saturated rings. The maximum atomic E-state index is 5.82. The third kappa shape index (κ3) is 3.30. The van der Waals surface area contributed by atoms with E-state index in [1.165, 1.54) is 16.7 Å². The molecule has 1 atom stereocenters. The van der Waals surface area contributed by atoms with E-state index in [0.717, 1.165) is 11.4 Å². The molecule has 0 amide bonds. The summed E-state index contributed by atoms with van der Waals surface area (Å²) in [5.41, 5.74) is 10.7. The fraction of sp³-hybridized carbons (Fsp3) is 0.250. The van der Waals surface area contributed by atoms with Crippen LogP contribution in [0, 0.1) is 6.92 Å². The Morgan fingerprint density at radius 2 is 1.89 bits per heavy atom. The first kappa shape index (κ1) is 13.0. The normalized spacial score (nSPS) is 12.3. The van der Waals surface area contributed by atoms with E-state index in [-0.39, 0.29) is 0 Å². The van der Waals surface area contributed by atoms with Crippen LogP contribution in [0.15, 0.2) is 48.5 Å². The van der Waals surface area contributed by atoms with Crippen molar-refractivity contribution in [3.63, 3.8) is 0 Å². The summed E-state index contributed by atoms with van der Waals surface area (Å²) in [5.74, 6) is 1.04. The largest absolute Gasteiger partial charge is 0.399 e. The van der Waals surface area contributed by atoms with Crippen LogP contribution in [0.1, 0.15) is 28.9 Å². The minimum atomic E-state index is 0.466. The van der Waals surface area contributed by atoms with Crippen molar-refractivity contribution in [3.05, 3.63) is 65.2 Å². The minimum absolute atomic E-state index is 0.466. The second-order valence-corrected chi connectivity index (χ2v) is 5.88. The van der Waals surface area contributed by atoms with E-state index in [0.29, 0.717) is 5.25 Å². The lowest BCUT2D eigenvalue weighted by molar-refractivity contribution is 1.09. The van der Waals surface area contributed by atoms with E-state index < -0.39 is 0 Å². The number of rotatable bonds is 4. The van der Waals surface area contributed by atoms with Crippen molar-refractivity contribution in [3.8, 4) is 0 Å². The van der Waals surface area contributed by atoms with Crippen molar-refractivity contribution in [1.29, 1.82) is 0 Å². The van der Waals surface area contributed by atoms with Crippen molar-refractivity contribution in [2.75, 3.05) is 5.73 Å². The Hall–Kier alpha value is -1.41. The maximum absolute atomic E-state index is 5.82. The van der Waals surface area contributed by atoms with Gasteiger partial charge < -0.3 is 5.73 Å². The minimum Gasteiger partial charge on any atom is -0.399 e. The van der Waals surface area contributed by atoms with Gasteiger partial charge in [-0.25, -0.2) is 0 Å². The molecule has 0 heterocycles. The number of aryl methyl sites for hydroxylation is 1. The monoisotopic (exact) mass is 257 g/mol. The number of hydrogen-bond donors (Lipinski definition) is 1. The van der Waals surface area contributed by atoms with Crippen LogP contribution in [0.2, 0.25) is 0 Å². The highest BCUT2D eigenvalue weighted by atomic mass is 32.2. The summed E-state index contributed by atoms with van der Waals surface area (Å²) in [4.78, 5) is 0. The van der Waals surface area contributed by atoms with Crippen molar-refractivity contribution >= 4 is 17.4 Å². The molecule has 0 aliphatic heterocycles. The first-order valence-corrected chi connectivity index (χ1v) is 7.23. The van der Waals surface area contributed by atoms with Crippen LogP contribution >= 0.6 is 11.8 Å². The van der Waals surface area contributed by atoms with Gasteiger partial charge in [-0.05, 0) is 42.7 Å². The number of anilines is 1. The molecule has 0 aliphatic carbocycles. The molecule has 2 aromatic carbocycles. The van der Waals surface area contributed by atoms with Gasteiger partial charge in [0.15, 0.2) is 0 Å². The molecule has 2 aromatic rings. The first-order valence-electron chi connectivity index (χ1n) is 6.18. The maximum Gasteiger partial charge on any atom is 0.0317 e. The van der Waals surface area contributed by atoms with Crippen molar-refractivity contribution < 1.29 is 0 Å². The number of hydrogen-bond acceptors (Lipinski definition) is 2. The van der Waals surface area contributed by atoms with Crippen LogP contribution in [0.4, 0.5) is 5.69 Å². The highest BCUT2D eigenvalue weighted by Gasteiger charge is 2.07. The molecular weight excluding hydrogens is 238 g/mol. The van der Waals surface area contributed by atoms with Gasteiger partial charge in [0.05, 0.1) is 0 Å². The van der Waals surface area contributed by atoms with Crippen molar-refractivity contribution in [2.24, 2.45) is 0 Å². The van der Waals surface area contributed by atoms with E-state index in [1.807, 2.05) is 23.9 Å². The van der Waals surface area contributed by atoms with Crippen LogP contribution in [0.3, 0.4) is 0 Å². The van der Waals surface area contributed by atoms with Gasteiger partial charge in [-0.3, -0.25) is 0 Å². The van der Waals surface area contributed by atoms with Gasteiger partial charge >= 0.3 is 0 Å². The summed E-state index contributed by atoms with van der Waals surface area (Å²) < 4.78 is 0. The molecule has 1 unspecified atom stereocenters. The summed E-state index contributed by atoms with van der Waals surface area (Å²) in [6.45, 7) is 4.40. The van der Waals surface area contributed by atoms with E-state index in [4.69, 9.17) is 5.73 Å². The summed E-state index contributed by atoms with van der Waals surface area (Å²) in [6.07, 6.45) is 0. The van der Waals surface area contributed by atoms with Crippen molar-refractivity contribution in [2.45, 2.75) is 24.9 Å². The molecule has 1 nitrogen and oxygen atoms in total. The summed E-state index contributed by atoms with van der Waals surface area (Å²) in [7, 11) is 0. The van der Waals surface area contributed by atoms with Crippen LogP contribution in [0.5, 0.6) is 0 Å². The second kappa shape index (κ2) is 5.96. The summed E-state index contributed by atoms with van der Waals surface area (Å²) in [5, 5.41) is 0.466. The fourth-order valence-electron chi connectivity index (χ4n) is 1.89. The van der Waals surface area contributed by atoms with Gasteiger partial charge in [0.2, 0.25) is 0 Å². The molecule has 2 heteroatoms. The Morgan fingerprint density at radius 1 is 1.11 bits per heavy atom. The van der Waals surface area contributed by atoms with Gasteiger partial charge in [0, 0.05) is 16.7 Å². The number of thioether (sulfide) groups is 1. The average Bonchev–Trinajstić information content (AvgIpc) is 2.37. The molecule has 2 N–H and O–H groups in total. The number of nitrogens with two attached hydrogens (primary N) is 1.